The van der Waals surface area contributed by atoms with Crippen LogP contribution in [0.2, 0.25) is 0 Å². The molecule has 0 bridgehead atoms. The van der Waals surface area contributed by atoms with Crippen LogP contribution in [0, 0.1) is 17.2 Å². The van der Waals surface area contributed by atoms with Gasteiger partial charge < -0.3 is 9.64 Å². The van der Waals surface area contributed by atoms with Gasteiger partial charge in [-0.25, -0.2) is 0 Å². The Labute approximate surface area is 116 Å². The summed E-state index contributed by atoms with van der Waals surface area (Å²) in [5, 5.41) is 13.3. The fraction of sp³-hybridized carbons (Fsp3) is 0.933. The van der Waals surface area contributed by atoms with Gasteiger partial charge in [-0.15, -0.1) is 0 Å². The summed E-state index contributed by atoms with van der Waals surface area (Å²) in [7, 11) is 2.13. The first-order valence-electron chi connectivity index (χ1n) is 7.71. The van der Waals surface area contributed by atoms with Crippen molar-refractivity contribution >= 4 is 0 Å². The molecular formula is C15H25N3O. The van der Waals surface area contributed by atoms with E-state index in [1.54, 1.807) is 0 Å². The topological polar surface area (TPSA) is 48.3 Å². The summed E-state index contributed by atoms with van der Waals surface area (Å²) in [4.78, 5) is 2.30. The van der Waals surface area contributed by atoms with E-state index in [4.69, 9.17) is 4.74 Å². The van der Waals surface area contributed by atoms with Gasteiger partial charge >= 0.3 is 0 Å². The second kappa shape index (κ2) is 5.40. The smallest absolute Gasteiger partial charge is 0.122 e. The van der Waals surface area contributed by atoms with E-state index in [2.05, 4.69) is 23.3 Å². The zero-order valence-electron chi connectivity index (χ0n) is 11.9. The summed E-state index contributed by atoms with van der Waals surface area (Å²) in [6.07, 6.45) is 7.63. The summed E-state index contributed by atoms with van der Waals surface area (Å²) in [6, 6.07) is 3.20. The largest absolute Gasteiger partial charge is 0.377 e. The van der Waals surface area contributed by atoms with Crippen molar-refractivity contribution < 1.29 is 4.74 Å². The molecular weight excluding hydrogens is 238 g/mol. The van der Waals surface area contributed by atoms with Gasteiger partial charge in [0.05, 0.1) is 12.2 Å². The molecule has 1 saturated heterocycles. The van der Waals surface area contributed by atoms with Crippen molar-refractivity contribution in [3.8, 4) is 6.07 Å². The molecule has 0 amide bonds. The number of hydrogen-bond acceptors (Lipinski definition) is 4. The molecule has 2 saturated carbocycles. The molecule has 4 nitrogen and oxygen atoms in total. The van der Waals surface area contributed by atoms with Crippen LogP contribution in [0.1, 0.15) is 38.5 Å². The van der Waals surface area contributed by atoms with E-state index in [0.717, 1.165) is 19.7 Å². The average molecular weight is 263 g/mol. The van der Waals surface area contributed by atoms with E-state index in [1.165, 1.54) is 38.5 Å². The van der Waals surface area contributed by atoms with Gasteiger partial charge in [-0.1, -0.05) is 0 Å². The maximum absolute atomic E-state index is 9.70. The zero-order chi connectivity index (χ0) is 13.3. The minimum absolute atomic E-state index is 0.311. The Kier molecular flexibility index (Phi) is 3.79. The Bertz CT molecular complexity index is 353. The lowest BCUT2D eigenvalue weighted by atomic mass is 9.93. The SMILES string of the molecule is CN(CC1CCCO1)CC(C#N)(NC1CC1)C1CC1. The molecule has 1 aliphatic heterocycles. The second-order valence-corrected chi connectivity index (χ2v) is 6.61. The van der Waals surface area contributed by atoms with Crippen LogP contribution in [0.15, 0.2) is 0 Å². The molecule has 0 aromatic rings. The van der Waals surface area contributed by atoms with Gasteiger partial charge in [0.15, 0.2) is 0 Å². The van der Waals surface area contributed by atoms with Crippen molar-refractivity contribution in [1.82, 2.24) is 10.2 Å². The van der Waals surface area contributed by atoms with Gasteiger partial charge in [-0.3, -0.25) is 5.32 Å². The summed E-state index contributed by atoms with van der Waals surface area (Å²) >= 11 is 0. The number of nitrogens with zero attached hydrogens (tertiary/aromatic N) is 2. The van der Waals surface area contributed by atoms with Crippen LogP contribution >= 0.6 is 0 Å². The van der Waals surface area contributed by atoms with Crippen LogP contribution < -0.4 is 5.32 Å². The standard InChI is InChI=1S/C15H25N3O/c1-18(9-14-3-2-8-19-14)11-15(10-16,12-4-5-12)17-13-6-7-13/h12-14,17H,2-9,11H2,1H3. The van der Waals surface area contributed by atoms with Crippen LogP contribution in [0.3, 0.4) is 0 Å². The predicted octanol–water partition coefficient (Wildman–Crippen LogP) is 1.52. The zero-order valence-corrected chi connectivity index (χ0v) is 11.9. The van der Waals surface area contributed by atoms with Gasteiger partial charge in [0.1, 0.15) is 5.54 Å². The maximum atomic E-state index is 9.70. The molecule has 3 fully saturated rings. The highest BCUT2D eigenvalue weighted by Crippen LogP contribution is 2.41. The number of rotatable bonds is 7. The fourth-order valence-corrected chi connectivity index (χ4v) is 3.25. The monoisotopic (exact) mass is 263 g/mol. The number of nitrogens with one attached hydrogen (secondary N) is 1. The third kappa shape index (κ3) is 3.28. The lowest BCUT2D eigenvalue weighted by molar-refractivity contribution is 0.0733. The molecule has 2 aliphatic carbocycles. The Balaban J connectivity index is 1.57. The van der Waals surface area contributed by atoms with Crippen LogP contribution in [0.5, 0.6) is 0 Å². The molecule has 19 heavy (non-hydrogen) atoms. The molecule has 106 valence electrons. The van der Waals surface area contributed by atoms with E-state index >= 15 is 0 Å². The molecule has 3 aliphatic rings. The van der Waals surface area contributed by atoms with Crippen molar-refractivity contribution in [2.45, 2.75) is 56.2 Å². The van der Waals surface area contributed by atoms with E-state index in [-0.39, 0.29) is 5.54 Å². The van der Waals surface area contributed by atoms with Crippen molar-refractivity contribution in [3.05, 3.63) is 0 Å². The number of likely N-dealkylation sites (N-methyl/N-ethyl adjacent to an activating group) is 1. The highest BCUT2D eigenvalue weighted by molar-refractivity contribution is 5.18. The molecule has 2 unspecified atom stereocenters. The first-order chi connectivity index (χ1) is 9.22. The van der Waals surface area contributed by atoms with E-state index in [9.17, 15) is 5.26 Å². The van der Waals surface area contributed by atoms with Crippen molar-refractivity contribution in [3.63, 3.8) is 0 Å². The van der Waals surface area contributed by atoms with Crippen LogP contribution in [-0.4, -0.2) is 49.3 Å². The maximum Gasteiger partial charge on any atom is 0.122 e. The summed E-state index contributed by atoms with van der Waals surface area (Å²) in [6.45, 7) is 2.71. The average Bonchev–Trinajstić information content (AvgIpc) is 3.30. The Morgan fingerprint density at radius 3 is 2.63 bits per heavy atom. The molecule has 0 spiro atoms. The highest BCUT2D eigenvalue weighted by atomic mass is 16.5. The molecule has 1 N–H and O–H groups in total. The molecule has 3 rings (SSSR count). The minimum atomic E-state index is -0.311. The minimum Gasteiger partial charge on any atom is -0.377 e. The number of hydrogen-bond donors (Lipinski definition) is 1. The molecule has 0 aromatic carbocycles. The Morgan fingerprint density at radius 1 is 1.32 bits per heavy atom. The normalized spacial score (nSPS) is 30.3. The first kappa shape index (κ1) is 13.4. The van der Waals surface area contributed by atoms with Gasteiger partial charge in [-0.2, -0.15) is 5.26 Å². The third-order valence-electron chi connectivity index (χ3n) is 4.57. The van der Waals surface area contributed by atoms with Gasteiger partial charge in [-0.05, 0) is 51.5 Å². The van der Waals surface area contributed by atoms with Gasteiger partial charge in [0.2, 0.25) is 0 Å². The second-order valence-electron chi connectivity index (χ2n) is 6.61. The van der Waals surface area contributed by atoms with Crippen molar-refractivity contribution in [1.29, 1.82) is 5.26 Å². The molecule has 1 heterocycles. The number of ether oxygens (including phenoxy) is 1. The molecule has 4 heteroatoms. The number of nitriles is 1. The summed E-state index contributed by atoms with van der Waals surface area (Å²) in [5.74, 6) is 0.560. The molecule has 0 aromatic heterocycles. The van der Waals surface area contributed by atoms with Gasteiger partial charge in [0.25, 0.3) is 0 Å². The first-order valence-corrected chi connectivity index (χ1v) is 7.71. The lowest BCUT2D eigenvalue weighted by Gasteiger charge is -2.33. The Morgan fingerprint density at radius 2 is 2.11 bits per heavy atom. The van der Waals surface area contributed by atoms with E-state index < -0.39 is 0 Å². The summed E-state index contributed by atoms with van der Waals surface area (Å²) < 4.78 is 5.70. The van der Waals surface area contributed by atoms with Crippen LogP contribution in [0.25, 0.3) is 0 Å². The van der Waals surface area contributed by atoms with Crippen molar-refractivity contribution in [2.75, 3.05) is 26.7 Å². The highest BCUT2D eigenvalue weighted by Gasteiger charge is 2.48. The van der Waals surface area contributed by atoms with Crippen LogP contribution in [-0.2, 0) is 4.74 Å². The van der Waals surface area contributed by atoms with Gasteiger partial charge in [0, 0.05) is 25.7 Å². The third-order valence-corrected chi connectivity index (χ3v) is 4.57. The molecule has 2 atom stereocenters. The molecule has 0 radical (unpaired) electrons. The van der Waals surface area contributed by atoms with E-state index in [1.807, 2.05) is 0 Å². The van der Waals surface area contributed by atoms with E-state index in [0.29, 0.717) is 18.1 Å². The van der Waals surface area contributed by atoms with Crippen molar-refractivity contribution in [2.24, 2.45) is 5.92 Å². The quantitative estimate of drug-likeness (QED) is 0.756. The fourth-order valence-electron chi connectivity index (χ4n) is 3.25. The van der Waals surface area contributed by atoms with Crippen LogP contribution in [0.4, 0.5) is 0 Å². The summed E-state index contributed by atoms with van der Waals surface area (Å²) in [5.41, 5.74) is -0.311. The Hall–Kier alpha value is -0.630. The predicted molar refractivity (Wildman–Crippen MR) is 73.7 cm³/mol. The lowest BCUT2D eigenvalue weighted by Crippen LogP contribution is -2.55.